The Balaban J connectivity index is 1.24. The Kier molecular flexibility index (Phi) is 5.92. The van der Waals surface area contributed by atoms with Crippen molar-refractivity contribution in [1.82, 2.24) is 9.47 Å². The first-order valence-corrected chi connectivity index (χ1v) is 13.2. The molecule has 2 unspecified atom stereocenters. The molecule has 2 aliphatic rings. The SMILES string of the molecule is Cc1oc2c(C)c3oc(=O)c(CCC(=O)N4CC5CC(C4)c4ccc(N([O-])O)c(=O)n4C5)c(C)c3cc2c1C. The van der Waals surface area contributed by atoms with Crippen LogP contribution >= 0.6 is 0 Å². The van der Waals surface area contributed by atoms with Gasteiger partial charge in [0, 0.05) is 59.6 Å². The number of likely N-dealkylation sites (tertiary alicyclic amines) is 1. The topological polar surface area (TPSA) is 132 Å². The minimum absolute atomic E-state index is 0.0403. The highest BCUT2D eigenvalue weighted by atomic mass is 16.8. The number of piperidine rings is 1. The summed E-state index contributed by atoms with van der Waals surface area (Å²) >= 11 is 0. The molecule has 39 heavy (non-hydrogen) atoms. The Morgan fingerprint density at radius 3 is 2.49 bits per heavy atom. The molecule has 0 aliphatic carbocycles. The highest BCUT2D eigenvalue weighted by molar-refractivity contribution is 6.00. The van der Waals surface area contributed by atoms with Gasteiger partial charge in [0.2, 0.25) is 5.91 Å². The van der Waals surface area contributed by atoms with Crippen LogP contribution in [-0.4, -0.2) is 33.7 Å². The molecule has 4 aromatic rings. The van der Waals surface area contributed by atoms with Gasteiger partial charge in [-0.15, -0.1) is 0 Å². The maximum absolute atomic E-state index is 13.3. The van der Waals surface area contributed by atoms with Crippen molar-refractivity contribution in [2.75, 3.05) is 18.3 Å². The van der Waals surface area contributed by atoms with Crippen molar-refractivity contribution in [1.29, 1.82) is 0 Å². The van der Waals surface area contributed by atoms with E-state index < -0.39 is 16.4 Å². The Hall–Kier alpha value is -3.89. The van der Waals surface area contributed by atoms with Gasteiger partial charge in [0.25, 0.3) is 5.56 Å². The first kappa shape index (κ1) is 25.4. The van der Waals surface area contributed by atoms with E-state index in [1.54, 1.807) is 10.6 Å². The maximum atomic E-state index is 13.3. The van der Waals surface area contributed by atoms with Gasteiger partial charge >= 0.3 is 5.63 Å². The number of pyridine rings is 1. The third-order valence-corrected chi connectivity index (χ3v) is 8.68. The van der Waals surface area contributed by atoms with E-state index in [2.05, 4.69) is 0 Å². The third-order valence-electron chi connectivity index (χ3n) is 8.68. The lowest BCUT2D eigenvalue weighted by atomic mass is 9.83. The number of furan rings is 1. The van der Waals surface area contributed by atoms with E-state index in [4.69, 9.17) is 8.83 Å². The average Bonchev–Trinajstić information content (AvgIpc) is 3.18. The Morgan fingerprint density at radius 1 is 1.03 bits per heavy atom. The highest BCUT2D eigenvalue weighted by Gasteiger charge is 2.36. The molecule has 1 N–H and O–H groups in total. The molecule has 204 valence electrons. The molecular formula is C29H30N3O7-. The number of aryl methyl sites for hydroxylation is 4. The van der Waals surface area contributed by atoms with E-state index in [0.717, 1.165) is 50.9 Å². The second kappa shape index (κ2) is 9.10. The van der Waals surface area contributed by atoms with Crippen molar-refractivity contribution in [3.63, 3.8) is 0 Å². The van der Waals surface area contributed by atoms with E-state index in [1.165, 1.54) is 6.07 Å². The van der Waals surface area contributed by atoms with E-state index >= 15 is 0 Å². The van der Waals surface area contributed by atoms with Crippen LogP contribution in [0.2, 0.25) is 0 Å². The minimum Gasteiger partial charge on any atom is -0.733 e. The van der Waals surface area contributed by atoms with E-state index in [-0.39, 0.29) is 36.3 Å². The van der Waals surface area contributed by atoms with Crippen LogP contribution in [0.3, 0.4) is 0 Å². The van der Waals surface area contributed by atoms with Crippen LogP contribution in [-0.2, 0) is 17.8 Å². The molecule has 2 atom stereocenters. The molecule has 6 rings (SSSR count). The van der Waals surface area contributed by atoms with Crippen LogP contribution in [0.1, 0.15) is 52.5 Å². The second-order valence-electron chi connectivity index (χ2n) is 11.0. The molecule has 0 spiro atoms. The van der Waals surface area contributed by atoms with E-state index in [0.29, 0.717) is 30.8 Å². The average molecular weight is 533 g/mol. The van der Waals surface area contributed by atoms with E-state index in [9.17, 15) is 24.8 Å². The lowest BCUT2D eigenvalue weighted by Gasteiger charge is -2.43. The van der Waals surface area contributed by atoms with Gasteiger partial charge in [-0.1, -0.05) is 0 Å². The molecule has 3 aromatic heterocycles. The molecule has 0 saturated carbocycles. The fourth-order valence-corrected chi connectivity index (χ4v) is 6.46. The number of carbonyl (C=O) groups excluding carboxylic acids is 1. The first-order chi connectivity index (χ1) is 18.5. The van der Waals surface area contributed by atoms with Crippen molar-refractivity contribution in [2.45, 2.75) is 59.4 Å². The van der Waals surface area contributed by atoms with Crippen LogP contribution in [0.4, 0.5) is 5.69 Å². The number of carbonyl (C=O) groups is 1. The first-order valence-electron chi connectivity index (χ1n) is 13.2. The zero-order valence-corrected chi connectivity index (χ0v) is 22.4. The Labute approximate surface area is 223 Å². The lowest BCUT2D eigenvalue weighted by molar-refractivity contribution is -0.133. The molecule has 10 nitrogen and oxygen atoms in total. The number of hydrogen-bond acceptors (Lipinski definition) is 8. The minimum atomic E-state index is -0.522. The standard InChI is InChI=1S/C29H30N3O7/c1-14-17(4)38-26-16(3)27-22(10-21(14)26)15(2)20(29(35)39-27)5-8-25(33)30-11-18-9-19(13-30)23-6-7-24(32(36)37)28(34)31(23)12-18/h6-7,10,18-19,36H,5,8-9,11-13H2,1-4H3/q-1. The fraction of sp³-hybridized carbons (Fsp3) is 0.414. The zero-order chi connectivity index (χ0) is 27.7. The van der Waals surface area contributed by atoms with Crippen LogP contribution in [0.5, 0.6) is 0 Å². The van der Waals surface area contributed by atoms with Gasteiger partial charge in [-0.05, 0) is 75.8 Å². The molecule has 10 heteroatoms. The molecule has 2 aliphatic heterocycles. The number of anilines is 1. The highest BCUT2D eigenvalue weighted by Crippen LogP contribution is 2.37. The van der Waals surface area contributed by atoms with Gasteiger partial charge in [0.15, 0.2) is 0 Å². The number of hydrogen-bond donors (Lipinski definition) is 1. The van der Waals surface area contributed by atoms with Crippen LogP contribution in [0.25, 0.3) is 21.9 Å². The number of rotatable bonds is 4. The molecule has 0 radical (unpaired) electrons. The fourth-order valence-electron chi connectivity index (χ4n) is 6.46. The summed E-state index contributed by atoms with van der Waals surface area (Å²) in [7, 11) is 0. The summed E-state index contributed by atoms with van der Waals surface area (Å²) in [6.45, 7) is 9.04. The molecule has 1 aromatic carbocycles. The summed E-state index contributed by atoms with van der Waals surface area (Å²) in [5.41, 5.74) is 3.87. The smallest absolute Gasteiger partial charge is 0.339 e. The summed E-state index contributed by atoms with van der Waals surface area (Å²) in [6, 6.07) is 5.01. The van der Waals surface area contributed by atoms with Gasteiger partial charge in [-0.2, -0.15) is 0 Å². The summed E-state index contributed by atoms with van der Waals surface area (Å²) in [5, 5.41) is 22.0. The lowest BCUT2D eigenvalue weighted by Crippen LogP contribution is -2.49. The molecule has 2 bridgehead atoms. The second-order valence-corrected chi connectivity index (χ2v) is 11.0. The van der Waals surface area contributed by atoms with Crippen LogP contribution in [0.15, 0.2) is 36.6 Å². The summed E-state index contributed by atoms with van der Waals surface area (Å²) in [5.74, 6) is 0.798. The van der Waals surface area contributed by atoms with Crippen molar-refractivity contribution < 1.29 is 18.8 Å². The van der Waals surface area contributed by atoms with Gasteiger partial charge < -0.3 is 28.7 Å². The van der Waals surface area contributed by atoms with Crippen LogP contribution in [0, 0.1) is 38.8 Å². The number of benzene rings is 1. The molecule has 5 heterocycles. The number of fused-ring (bicyclic) bond motifs is 6. The maximum Gasteiger partial charge on any atom is 0.339 e. The van der Waals surface area contributed by atoms with Gasteiger partial charge in [0.05, 0.1) is 0 Å². The third kappa shape index (κ3) is 3.97. The van der Waals surface area contributed by atoms with Gasteiger partial charge in [-0.3, -0.25) is 14.8 Å². The van der Waals surface area contributed by atoms with Crippen molar-refractivity contribution in [3.8, 4) is 0 Å². The zero-order valence-electron chi connectivity index (χ0n) is 22.4. The molecule has 1 fully saturated rings. The van der Waals surface area contributed by atoms with Gasteiger partial charge in [0.1, 0.15) is 22.6 Å². The number of amides is 1. The van der Waals surface area contributed by atoms with E-state index in [1.807, 2.05) is 38.7 Å². The quantitative estimate of drug-likeness (QED) is 0.305. The summed E-state index contributed by atoms with van der Waals surface area (Å²) < 4.78 is 13.2. The predicted molar refractivity (Wildman–Crippen MR) is 145 cm³/mol. The van der Waals surface area contributed by atoms with Crippen molar-refractivity contribution in [2.24, 2.45) is 5.92 Å². The molecule has 1 amide bonds. The van der Waals surface area contributed by atoms with Crippen molar-refractivity contribution >= 4 is 33.5 Å². The summed E-state index contributed by atoms with van der Waals surface area (Å²) in [6.07, 6.45) is 1.28. The van der Waals surface area contributed by atoms with Crippen LogP contribution < -0.4 is 16.4 Å². The summed E-state index contributed by atoms with van der Waals surface area (Å²) in [4.78, 5) is 40.8. The predicted octanol–water partition coefficient (Wildman–Crippen LogP) is 4.21. The largest absolute Gasteiger partial charge is 0.733 e. The van der Waals surface area contributed by atoms with Crippen molar-refractivity contribution in [3.05, 3.63) is 77.9 Å². The number of aromatic nitrogens is 1. The Morgan fingerprint density at radius 2 is 1.74 bits per heavy atom. The molecular weight excluding hydrogens is 502 g/mol. The van der Waals surface area contributed by atoms with Gasteiger partial charge in [-0.25, -0.2) is 4.79 Å². The normalized spacial score (nSPS) is 18.6. The monoisotopic (exact) mass is 532 g/mol. The number of nitrogens with zero attached hydrogens (tertiary/aromatic N) is 3. The molecule has 1 saturated heterocycles. The Bertz CT molecular complexity index is 1780.